The molecular weight excluding hydrogens is 704 g/mol. The van der Waals surface area contributed by atoms with Crippen LogP contribution >= 0.6 is 12.2 Å². The van der Waals surface area contributed by atoms with Crippen LogP contribution in [-0.4, -0.2) is 77.5 Å². The summed E-state index contributed by atoms with van der Waals surface area (Å²) in [7, 11) is -3.54. The summed E-state index contributed by atoms with van der Waals surface area (Å²) in [5.74, 6) is -0.607. The van der Waals surface area contributed by atoms with Gasteiger partial charge in [-0.1, -0.05) is 37.1 Å². The molecule has 12 nitrogen and oxygen atoms in total. The monoisotopic (exact) mass is 744 g/mol. The molecule has 2 aliphatic carbocycles. The molecule has 0 unspecified atom stereocenters. The van der Waals surface area contributed by atoms with Crippen LogP contribution in [0.5, 0.6) is 0 Å². The molecule has 1 saturated heterocycles. The zero-order chi connectivity index (χ0) is 33.7. The van der Waals surface area contributed by atoms with Crippen LogP contribution in [0.25, 0.3) is 0 Å². The Morgan fingerprint density at radius 3 is 2.67 bits per heavy atom. The number of amides is 3. The number of allylic oxidation sites excluding steroid dienone is 2. The minimum atomic E-state index is -3.54. The molecule has 0 spiro atoms. The van der Waals surface area contributed by atoms with Gasteiger partial charge >= 0.3 is 23.2 Å². The molecule has 4 atom stereocenters. The predicted octanol–water partition coefficient (Wildman–Crippen LogP) is 2.66. The van der Waals surface area contributed by atoms with Crippen molar-refractivity contribution in [2.24, 2.45) is 11.7 Å². The molecule has 2 aliphatic heterocycles. The zero-order valence-corrected chi connectivity index (χ0v) is 29.2. The first-order valence-electron chi connectivity index (χ1n) is 16.0. The quantitative estimate of drug-likeness (QED) is 0.0799. The number of nitrogens with zero attached hydrogens (tertiary/aromatic N) is 2. The summed E-state index contributed by atoms with van der Waals surface area (Å²) in [4.78, 5) is 52.7. The van der Waals surface area contributed by atoms with Gasteiger partial charge in [0, 0.05) is 24.6 Å². The molecule has 1 aromatic rings. The number of ether oxygens (including phenoxy) is 1. The van der Waals surface area contributed by atoms with Gasteiger partial charge in [-0.25, -0.2) is 23.9 Å². The van der Waals surface area contributed by atoms with Gasteiger partial charge in [0.2, 0.25) is 15.9 Å². The molecule has 0 bridgehead atoms. The van der Waals surface area contributed by atoms with Crippen LogP contribution in [0.15, 0.2) is 30.4 Å². The van der Waals surface area contributed by atoms with Gasteiger partial charge in [-0.05, 0) is 62.4 Å². The minimum Gasteiger partial charge on any atom is -0.540 e. The number of halogens is 1. The molecule has 261 valence electrons. The number of carbonyl (C=O) groups excluding carboxylic acids is 4. The molecule has 3 fully saturated rings. The average molecular weight is 745 g/mol. The molecule has 1 aromatic carbocycles. The second-order valence-corrected chi connectivity index (χ2v) is 15.0. The summed E-state index contributed by atoms with van der Waals surface area (Å²) >= 11 is 5.02. The van der Waals surface area contributed by atoms with E-state index in [2.05, 4.69) is 10.0 Å². The number of hydrogen-bond donors (Lipinski definition) is 3. The molecule has 0 aromatic heterocycles. The van der Waals surface area contributed by atoms with Crippen molar-refractivity contribution in [3.63, 3.8) is 0 Å². The van der Waals surface area contributed by atoms with Crippen molar-refractivity contribution in [2.75, 3.05) is 6.54 Å². The maximum absolute atomic E-state index is 14.1. The molecule has 2 saturated carbocycles. The van der Waals surface area contributed by atoms with E-state index in [0.717, 1.165) is 25.7 Å². The number of rotatable bonds is 15. The average Bonchev–Trinajstić information content (AvgIpc) is 3.93. The summed E-state index contributed by atoms with van der Waals surface area (Å²) in [6, 6.07) is 3.49. The van der Waals surface area contributed by atoms with E-state index in [1.54, 1.807) is 12.1 Å². The Hall–Kier alpha value is -3.20. The number of fused-ring (bicyclic) bond motifs is 1. The maximum Gasteiger partial charge on any atom is 2.00 e. The van der Waals surface area contributed by atoms with Gasteiger partial charge in [-0.15, -0.1) is 6.08 Å². The molecule has 4 aliphatic rings. The summed E-state index contributed by atoms with van der Waals surface area (Å²) in [6.45, 7) is 0.361. The summed E-state index contributed by atoms with van der Waals surface area (Å²) < 4.78 is 45.8. The SMILES string of the molecule is NC(=S)N[C@@H](CCCCC/C=C\[C@@H]1C[C-]1C(=O)NS(=O)(=O)C1CC1)CC(=O)N1C[C@H](OC(=O)N2Cc3cccc(F)c3C2)C[C@H]1[C-]=O.[Mn+2]. The number of sulfonamides is 1. The topological polar surface area (TPSA) is 168 Å². The Kier molecular flexibility index (Phi) is 12.9. The summed E-state index contributed by atoms with van der Waals surface area (Å²) in [5.41, 5.74) is 6.89. The number of hydrogen-bond acceptors (Lipinski definition) is 8. The third kappa shape index (κ3) is 9.93. The number of nitrogens with one attached hydrogen (secondary N) is 2. The van der Waals surface area contributed by atoms with E-state index in [0.29, 0.717) is 42.7 Å². The van der Waals surface area contributed by atoms with Crippen LogP contribution in [0.1, 0.15) is 75.3 Å². The fourth-order valence-corrected chi connectivity index (χ4v) is 7.60. The van der Waals surface area contributed by atoms with Crippen LogP contribution in [0, 0.1) is 17.7 Å². The Morgan fingerprint density at radius 1 is 1.21 bits per heavy atom. The van der Waals surface area contributed by atoms with E-state index in [-0.39, 0.29) is 78.3 Å². The predicted molar refractivity (Wildman–Crippen MR) is 174 cm³/mol. The molecular formula is C32H40FMnN5O7S2. The normalized spacial score (nSPS) is 22.1. The third-order valence-electron chi connectivity index (χ3n) is 8.95. The summed E-state index contributed by atoms with van der Waals surface area (Å²) in [5, 5.41) is 2.60. The first-order valence-corrected chi connectivity index (χ1v) is 17.9. The van der Waals surface area contributed by atoms with Gasteiger partial charge in [-0.2, -0.15) is 12.3 Å². The van der Waals surface area contributed by atoms with Gasteiger partial charge < -0.3 is 30.3 Å². The number of benzene rings is 1. The van der Waals surface area contributed by atoms with Crippen molar-refractivity contribution in [1.29, 1.82) is 0 Å². The smallest absolute Gasteiger partial charge is 0.540 e. The molecule has 48 heavy (non-hydrogen) atoms. The minimum absolute atomic E-state index is 0. The van der Waals surface area contributed by atoms with Gasteiger partial charge in [0.05, 0.1) is 24.2 Å². The van der Waals surface area contributed by atoms with E-state index >= 15 is 0 Å². The Bertz CT molecular complexity index is 1530. The second-order valence-electron chi connectivity index (χ2n) is 12.6. The van der Waals surface area contributed by atoms with Crippen LogP contribution in [0.3, 0.4) is 0 Å². The maximum atomic E-state index is 14.1. The molecule has 5 rings (SSSR count). The van der Waals surface area contributed by atoms with Crippen LogP contribution in [-0.2, 0) is 59.3 Å². The van der Waals surface area contributed by atoms with Crippen molar-refractivity contribution in [1.82, 2.24) is 19.8 Å². The number of likely N-dealkylation sites (tertiary alicyclic amines) is 1. The van der Waals surface area contributed by atoms with Gasteiger partial charge in [0.15, 0.2) is 5.11 Å². The van der Waals surface area contributed by atoms with Crippen LogP contribution in [0.4, 0.5) is 9.18 Å². The Balaban J connectivity index is 0.00000520. The van der Waals surface area contributed by atoms with Crippen LogP contribution in [0.2, 0.25) is 0 Å². The number of nitrogens with two attached hydrogens (primary N) is 1. The molecule has 1 radical (unpaired) electrons. The van der Waals surface area contributed by atoms with E-state index in [9.17, 15) is 32.0 Å². The number of thiocarbonyl (C=S) groups is 1. The van der Waals surface area contributed by atoms with Gasteiger partial charge in [0.25, 0.3) is 0 Å². The first kappa shape index (κ1) is 37.6. The fourth-order valence-electron chi connectivity index (χ4n) is 6.12. The third-order valence-corrected chi connectivity index (χ3v) is 10.9. The van der Waals surface area contributed by atoms with Crippen molar-refractivity contribution < 1.29 is 53.8 Å². The summed E-state index contributed by atoms with van der Waals surface area (Å²) in [6.07, 6.45) is 10.4. The van der Waals surface area contributed by atoms with Gasteiger partial charge in [-0.3, -0.25) is 20.3 Å². The molecule has 16 heteroatoms. The van der Waals surface area contributed by atoms with Crippen molar-refractivity contribution in [3.05, 3.63) is 53.2 Å². The van der Waals surface area contributed by atoms with E-state index < -0.39 is 39.4 Å². The van der Waals surface area contributed by atoms with Crippen LogP contribution < -0.4 is 15.8 Å². The fraction of sp³-hybridized carbons (Fsp3) is 0.562. The Labute approximate surface area is 296 Å². The van der Waals surface area contributed by atoms with Crippen molar-refractivity contribution in [2.45, 2.75) is 101 Å². The zero-order valence-electron chi connectivity index (χ0n) is 26.4. The van der Waals surface area contributed by atoms with E-state index in [4.69, 9.17) is 22.7 Å². The molecule has 3 amide bonds. The van der Waals surface area contributed by atoms with E-state index in [1.807, 2.05) is 18.4 Å². The standard InChI is InChI=1S/C32H40FN5O7S2.Mn/c33-28-10-6-8-21-16-37(18-27(21)28)32(42)45-24-15-23(19-39)38(17-24)29(40)14-22(35-31(34)46)9-5-3-1-2-4-7-20-13-26(20)30(41)36-47(43,44)25-11-12-25;/h4,6-8,10,20,22-25H,1-3,5,9,11-18H2,(H,36,41)(H3,34,35,46);/q-2;+2/b7-4-;/t20-,22+,23+,24-;/m1./s1. The van der Waals surface area contributed by atoms with E-state index in [1.165, 1.54) is 15.9 Å². The van der Waals surface area contributed by atoms with Gasteiger partial charge in [0.1, 0.15) is 11.9 Å². The molecule has 4 N–H and O–H groups in total. The van der Waals surface area contributed by atoms with Crippen molar-refractivity contribution in [3.8, 4) is 0 Å². The van der Waals surface area contributed by atoms with Crippen molar-refractivity contribution >= 4 is 51.5 Å². The largest absolute Gasteiger partial charge is 2.00 e. The second kappa shape index (κ2) is 16.5. The Morgan fingerprint density at radius 2 is 1.98 bits per heavy atom. The molecule has 2 heterocycles. The number of unbranched alkanes of at least 4 members (excludes halogenated alkanes) is 3. The first-order chi connectivity index (χ1) is 22.4. The number of carbonyl (C=O) groups is 3.